The molecule has 2 aromatic carbocycles. The average Bonchev–Trinajstić information content (AvgIpc) is 2.79. The van der Waals surface area contributed by atoms with Gasteiger partial charge >= 0.3 is 12.2 Å². The van der Waals surface area contributed by atoms with Crippen molar-refractivity contribution in [2.75, 3.05) is 18.1 Å². The van der Waals surface area contributed by atoms with Crippen molar-refractivity contribution < 1.29 is 29.3 Å². The highest BCUT2D eigenvalue weighted by Crippen LogP contribution is 2.19. The molecule has 8 nitrogen and oxygen atoms in total. The highest BCUT2D eigenvalue weighted by molar-refractivity contribution is 5.86. The van der Waals surface area contributed by atoms with Gasteiger partial charge in [0, 0.05) is 18.8 Å². The number of nitrogens with zero attached hydrogens (tertiary/aromatic N) is 1. The minimum absolute atomic E-state index is 0.277. The topological polar surface area (TPSA) is 108 Å². The van der Waals surface area contributed by atoms with Gasteiger partial charge in [-0.2, -0.15) is 0 Å². The van der Waals surface area contributed by atoms with Gasteiger partial charge < -0.3 is 19.7 Å². The lowest BCUT2D eigenvalue weighted by Crippen LogP contribution is -2.39. The Labute approximate surface area is 207 Å². The zero-order valence-electron chi connectivity index (χ0n) is 20.9. The zero-order chi connectivity index (χ0) is 25.7. The van der Waals surface area contributed by atoms with E-state index in [-0.39, 0.29) is 6.42 Å². The first-order chi connectivity index (χ1) is 16.6. The fourth-order valence-corrected chi connectivity index (χ4v) is 3.45. The highest BCUT2D eigenvalue weighted by Gasteiger charge is 2.19. The van der Waals surface area contributed by atoms with Crippen molar-refractivity contribution in [2.24, 2.45) is 0 Å². The summed E-state index contributed by atoms with van der Waals surface area (Å²) < 4.78 is 10.8. The minimum atomic E-state index is -1.06. The van der Waals surface area contributed by atoms with Crippen molar-refractivity contribution in [1.29, 1.82) is 0 Å². The Morgan fingerprint density at radius 1 is 1.00 bits per heavy atom. The monoisotopic (exact) mass is 486 g/mol. The van der Waals surface area contributed by atoms with Gasteiger partial charge in [-0.15, -0.1) is 0 Å². The Morgan fingerprint density at radius 3 is 2.40 bits per heavy atom. The van der Waals surface area contributed by atoms with Crippen molar-refractivity contribution in [3.05, 3.63) is 65.7 Å². The Hall–Kier alpha value is -3.10. The molecule has 2 rings (SSSR count). The quantitative estimate of drug-likeness (QED) is 0.261. The van der Waals surface area contributed by atoms with E-state index < -0.39 is 24.0 Å². The molecule has 0 aliphatic heterocycles. The maximum atomic E-state index is 11.8. The van der Waals surface area contributed by atoms with E-state index in [1.165, 1.54) is 4.90 Å². The number of alkyl carbamates (subject to hydrolysis) is 1. The summed E-state index contributed by atoms with van der Waals surface area (Å²) in [6.45, 7) is 6.85. The van der Waals surface area contributed by atoms with E-state index in [1.54, 1.807) is 39.0 Å². The number of rotatable bonds is 13. The van der Waals surface area contributed by atoms with Crippen LogP contribution in [-0.2, 0) is 22.5 Å². The van der Waals surface area contributed by atoms with Gasteiger partial charge in [0.2, 0.25) is 0 Å². The highest BCUT2D eigenvalue weighted by atomic mass is 16.6. The number of carbonyl (C=O) groups excluding carboxylic acids is 1. The molecule has 0 bridgehead atoms. The van der Waals surface area contributed by atoms with Crippen LogP contribution < -0.4 is 10.2 Å². The normalized spacial score (nSPS) is 12.1. The van der Waals surface area contributed by atoms with Crippen LogP contribution in [0.3, 0.4) is 0 Å². The van der Waals surface area contributed by atoms with E-state index in [1.807, 2.05) is 36.4 Å². The predicted molar refractivity (Wildman–Crippen MR) is 135 cm³/mol. The lowest BCUT2D eigenvalue weighted by atomic mass is 10.1. The molecule has 0 heterocycles. The number of nitrogens with one attached hydrogen (secondary N) is 1. The average molecular weight is 487 g/mol. The van der Waals surface area contributed by atoms with E-state index in [2.05, 4.69) is 5.32 Å². The Balaban J connectivity index is 1.75. The number of aryl methyl sites for hydroxylation is 1. The third kappa shape index (κ3) is 11.7. The maximum absolute atomic E-state index is 11.8. The number of carboxylic acid groups (broad SMARTS) is 1. The molecular weight excluding hydrogens is 448 g/mol. The molecule has 0 aromatic heterocycles. The van der Waals surface area contributed by atoms with Crippen molar-refractivity contribution in [2.45, 2.75) is 71.3 Å². The molecule has 1 unspecified atom stereocenters. The third-order valence-electron chi connectivity index (χ3n) is 5.12. The van der Waals surface area contributed by atoms with Crippen molar-refractivity contribution >= 4 is 17.9 Å². The number of aliphatic hydroxyl groups excluding tert-OH is 1. The lowest BCUT2D eigenvalue weighted by molar-refractivity contribution is 0.0345. The first-order valence-electron chi connectivity index (χ1n) is 12.0. The molecule has 0 aliphatic rings. The largest absolute Gasteiger partial charge is 0.465 e. The molecule has 0 fully saturated rings. The zero-order valence-corrected chi connectivity index (χ0v) is 20.9. The molecule has 0 aliphatic carbocycles. The van der Waals surface area contributed by atoms with Gasteiger partial charge in [0.25, 0.3) is 0 Å². The molecule has 3 N–H and O–H groups in total. The third-order valence-corrected chi connectivity index (χ3v) is 5.12. The Kier molecular flexibility index (Phi) is 11.5. The smallest absolute Gasteiger partial charge is 0.411 e. The summed E-state index contributed by atoms with van der Waals surface area (Å²) in [5.41, 5.74) is 1.95. The van der Waals surface area contributed by atoms with Gasteiger partial charge in [-0.1, -0.05) is 42.5 Å². The standard InChI is InChI=1S/C27H38N2O6/c1-27(2,3)35-25(31)28-24(30)16-15-21-13-10-14-23(19-21)29(26(32)33)17-8-5-9-18-34-20-22-11-6-4-7-12-22/h4,6-7,10-14,19,24,30H,5,8-9,15-18,20H2,1-3H3,(H,28,31)(H,32,33). The molecule has 0 saturated heterocycles. The number of carbonyl (C=O) groups is 2. The van der Waals surface area contributed by atoms with Crippen LogP contribution in [-0.4, -0.2) is 47.4 Å². The molecule has 2 amide bonds. The van der Waals surface area contributed by atoms with Gasteiger partial charge in [-0.3, -0.25) is 10.2 Å². The van der Waals surface area contributed by atoms with Crippen LogP contribution in [0.1, 0.15) is 57.6 Å². The molecule has 1 atom stereocenters. The summed E-state index contributed by atoms with van der Waals surface area (Å²) in [6, 6.07) is 17.2. The van der Waals surface area contributed by atoms with Crippen LogP contribution in [0, 0.1) is 0 Å². The first kappa shape index (κ1) is 28.1. The molecule has 192 valence electrons. The molecule has 35 heavy (non-hydrogen) atoms. The van der Waals surface area contributed by atoms with Gasteiger partial charge in [0.1, 0.15) is 11.8 Å². The second kappa shape index (κ2) is 14.3. The summed E-state index contributed by atoms with van der Waals surface area (Å²) in [5, 5.41) is 22.2. The van der Waals surface area contributed by atoms with Crippen LogP contribution in [0.15, 0.2) is 54.6 Å². The van der Waals surface area contributed by atoms with Crippen LogP contribution >= 0.6 is 0 Å². The summed E-state index contributed by atoms with van der Waals surface area (Å²) >= 11 is 0. The van der Waals surface area contributed by atoms with Crippen molar-refractivity contribution in [3.63, 3.8) is 0 Å². The van der Waals surface area contributed by atoms with E-state index in [9.17, 15) is 19.8 Å². The van der Waals surface area contributed by atoms with Gasteiger partial charge in [-0.25, -0.2) is 9.59 Å². The Morgan fingerprint density at radius 2 is 1.71 bits per heavy atom. The van der Waals surface area contributed by atoms with E-state index in [0.29, 0.717) is 31.9 Å². The minimum Gasteiger partial charge on any atom is -0.465 e. The summed E-state index contributed by atoms with van der Waals surface area (Å²) in [5.74, 6) is 0. The van der Waals surface area contributed by atoms with Gasteiger partial charge in [0.05, 0.1) is 6.61 Å². The number of benzene rings is 2. The molecule has 0 saturated carbocycles. The van der Waals surface area contributed by atoms with E-state index in [4.69, 9.17) is 9.47 Å². The fraction of sp³-hybridized carbons (Fsp3) is 0.481. The number of aliphatic hydroxyl groups is 1. The number of hydrogen-bond donors (Lipinski definition) is 3. The van der Waals surface area contributed by atoms with Crippen LogP contribution in [0.25, 0.3) is 0 Å². The summed E-state index contributed by atoms with van der Waals surface area (Å²) in [4.78, 5) is 24.9. The summed E-state index contributed by atoms with van der Waals surface area (Å²) in [6.07, 6.45) is 0.451. The SMILES string of the molecule is CC(C)(C)OC(=O)NC(O)CCc1cccc(N(CCCCCOCc2ccccc2)C(=O)O)c1. The number of unbranched alkanes of at least 4 members (excludes halogenated alkanes) is 2. The first-order valence-corrected chi connectivity index (χ1v) is 12.0. The fourth-order valence-electron chi connectivity index (χ4n) is 3.45. The maximum Gasteiger partial charge on any atom is 0.411 e. The number of ether oxygens (including phenoxy) is 2. The second-order valence-corrected chi connectivity index (χ2v) is 9.40. The van der Waals surface area contributed by atoms with E-state index in [0.717, 1.165) is 30.4 Å². The van der Waals surface area contributed by atoms with Crippen LogP contribution in [0.4, 0.5) is 15.3 Å². The van der Waals surface area contributed by atoms with Crippen molar-refractivity contribution in [1.82, 2.24) is 5.32 Å². The van der Waals surface area contributed by atoms with Gasteiger partial charge in [0.15, 0.2) is 0 Å². The predicted octanol–water partition coefficient (Wildman–Crippen LogP) is 5.33. The van der Waals surface area contributed by atoms with Crippen molar-refractivity contribution in [3.8, 4) is 0 Å². The second-order valence-electron chi connectivity index (χ2n) is 9.40. The summed E-state index contributed by atoms with van der Waals surface area (Å²) in [7, 11) is 0. The Bertz CT molecular complexity index is 913. The molecule has 0 spiro atoms. The van der Waals surface area contributed by atoms with E-state index >= 15 is 0 Å². The van der Waals surface area contributed by atoms with Crippen LogP contribution in [0.5, 0.6) is 0 Å². The number of amides is 2. The molecule has 0 radical (unpaired) electrons. The molecular formula is C27H38N2O6. The lowest BCUT2D eigenvalue weighted by Gasteiger charge is -2.22. The molecule has 8 heteroatoms. The van der Waals surface area contributed by atoms with Crippen LogP contribution in [0.2, 0.25) is 0 Å². The number of anilines is 1. The van der Waals surface area contributed by atoms with Gasteiger partial charge in [-0.05, 0) is 76.1 Å². The molecule has 2 aromatic rings. The number of hydrogen-bond acceptors (Lipinski definition) is 5.